The molecule has 0 bridgehead atoms. The summed E-state index contributed by atoms with van der Waals surface area (Å²) in [7, 11) is 2.04. The van der Waals surface area contributed by atoms with Crippen molar-refractivity contribution in [2.75, 3.05) is 20.1 Å². The molecule has 0 saturated heterocycles. The third-order valence-corrected chi connectivity index (χ3v) is 1.82. The first-order valence-corrected chi connectivity index (χ1v) is 4.52. The van der Waals surface area contributed by atoms with Gasteiger partial charge in [-0.1, -0.05) is 13.8 Å². The van der Waals surface area contributed by atoms with Gasteiger partial charge in [0.25, 0.3) is 6.47 Å². The van der Waals surface area contributed by atoms with Crippen LogP contribution in [0.5, 0.6) is 0 Å². The average molecular weight is 173 g/mol. The summed E-state index contributed by atoms with van der Waals surface area (Å²) in [6.45, 7) is 6.59. The van der Waals surface area contributed by atoms with Crippen molar-refractivity contribution in [3.63, 3.8) is 0 Å². The number of likely N-dealkylation sites (N-methyl/N-ethyl adjacent to an activating group) is 1. The van der Waals surface area contributed by atoms with E-state index in [1.54, 1.807) is 0 Å². The van der Waals surface area contributed by atoms with Crippen LogP contribution in [0.15, 0.2) is 0 Å². The van der Waals surface area contributed by atoms with E-state index in [0.717, 1.165) is 25.9 Å². The molecule has 0 fully saturated rings. The molecule has 0 heterocycles. The Morgan fingerprint density at radius 3 is 2.58 bits per heavy atom. The molecule has 0 amide bonds. The van der Waals surface area contributed by atoms with E-state index in [-0.39, 0.29) is 6.10 Å². The van der Waals surface area contributed by atoms with Crippen LogP contribution >= 0.6 is 0 Å². The Morgan fingerprint density at radius 1 is 1.50 bits per heavy atom. The van der Waals surface area contributed by atoms with E-state index in [9.17, 15) is 4.79 Å². The first-order valence-electron chi connectivity index (χ1n) is 4.52. The molecule has 0 saturated carbocycles. The molecule has 0 aliphatic carbocycles. The SMILES string of the molecule is CCCN(C)CC(CC)OC=O. The maximum atomic E-state index is 10.1. The average Bonchev–Trinajstić information content (AvgIpc) is 2.04. The zero-order chi connectivity index (χ0) is 9.40. The minimum atomic E-state index is 0.0547. The lowest BCUT2D eigenvalue weighted by Gasteiger charge is -2.20. The minimum absolute atomic E-state index is 0.0547. The van der Waals surface area contributed by atoms with E-state index in [4.69, 9.17) is 4.74 Å². The molecule has 12 heavy (non-hydrogen) atoms. The van der Waals surface area contributed by atoms with E-state index >= 15 is 0 Å². The second-order valence-electron chi connectivity index (χ2n) is 3.02. The maximum Gasteiger partial charge on any atom is 0.293 e. The Labute approximate surface area is 74.7 Å². The molecule has 0 spiro atoms. The van der Waals surface area contributed by atoms with Crippen LogP contribution in [0.3, 0.4) is 0 Å². The van der Waals surface area contributed by atoms with E-state index < -0.39 is 0 Å². The van der Waals surface area contributed by atoms with Crippen molar-refractivity contribution in [2.45, 2.75) is 32.8 Å². The van der Waals surface area contributed by atoms with Crippen LogP contribution in [0.2, 0.25) is 0 Å². The first kappa shape index (κ1) is 11.4. The van der Waals surface area contributed by atoms with Gasteiger partial charge in [-0.25, -0.2) is 0 Å². The van der Waals surface area contributed by atoms with Crippen LogP contribution in [-0.2, 0) is 9.53 Å². The van der Waals surface area contributed by atoms with Gasteiger partial charge < -0.3 is 9.64 Å². The smallest absolute Gasteiger partial charge is 0.293 e. The zero-order valence-electron chi connectivity index (χ0n) is 8.25. The standard InChI is InChI=1S/C9H19NO2/c1-4-6-10(3)7-9(5-2)12-8-11/h8-9H,4-7H2,1-3H3. The number of carbonyl (C=O) groups excluding carboxylic acids is 1. The molecule has 0 aliphatic rings. The van der Waals surface area contributed by atoms with Crippen LogP contribution in [0.4, 0.5) is 0 Å². The summed E-state index contributed by atoms with van der Waals surface area (Å²) in [5.74, 6) is 0. The number of hydrogen-bond donors (Lipinski definition) is 0. The van der Waals surface area contributed by atoms with E-state index in [0.29, 0.717) is 6.47 Å². The summed E-state index contributed by atoms with van der Waals surface area (Å²) in [4.78, 5) is 12.3. The largest absolute Gasteiger partial charge is 0.463 e. The van der Waals surface area contributed by atoms with Crippen molar-refractivity contribution in [1.82, 2.24) is 4.90 Å². The third-order valence-electron chi connectivity index (χ3n) is 1.82. The van der Waals surface area contributed by atoms with Crippen LogP contribution < -0.4 is 0 Å². The quantitative estimate of drug-likeness (QED) is 0.543. The van der Waals surface area contributed by atoms with Crippen LogP contribution in [0.1, 0.15) is 26.7 Å². The second-order valence-corrected chi connectivity index (χ2v) is 3.02. The fourth-order valence-corrected chi connectivity index (χ4v) is 1.17. The summed E-state index contributed by atoms with van der Waals surface area (Å²) in [5.41, 5.74) is 0. The molecular weight excluding hydrogens is 154 g/mol. The molecule has 0 N–H and O–H groups in total. The number of rotatable bonds is 7. The van der Waals surface area contributed by atoms with Crippen molar-refractivity contribution in [3.8, 4) is 0 Å². The maximum absolute atomic E-state index is 10.1. The number of carbonyl (C=O) groups is 1. The van der Waals surface area contributed by atoms with Gasteiger partial charge in [0.2, 0.25) is 0 Å². The van der Waals surface area contributed by atoms with Crippen molar-refractivity contribution < 1.29 is 9.53 Å². The highest BCUT2D eigenvalue weighted by Crippen LogP contribution is 1.99. The van der Waals surface area contributed by atoms with Gasteiger partial charge in [0.05, 0.1) is 0 Å². The van der Waals surface area contributed by atoms with Gasteiger partial charge in [-0.3, -0.25) is 4.79 Å². The second kappa shape index (κ2) is 7.10. The summed E-state index contributed by atoms with van der Waals surface area (Å²) in [6.07, 6.45) is 2.07. The van der Waals surface area contributed by atoms with Gasteiger partial charge in [-0.05, 0) is 26.4 Å². The predicted octanol–water partition coefficient (Wildman–Crippen LogP) is 1.28. The molecule has 0 aliphatic heterocycles. The fourth-order valence-electron chi connectivity index (χ4n) is 1.17. The molecule has 0 rings (SSSR count). The zero-order valence-corrected chi connectivity index (χ0v) is 8.25. The molecule has 0 radical (unpaired) electrons. The Bertz CT molecular complexity index is 117. The van der Waals surface area contributed by atoms with Crippen LogP contribution in [0, 0.1) is 0 Å². The van der Waals surface area contributed by atoms with Gasteiger partial charge in [0, 0.05) is 6.54 Å². The lowest BCUT2D eigenvalue weighted by molar-refractivity contribution is -0.134. The Morgan fingerprint density at radius 2 is 2.17 bits per heavy atom. The van der Waals surface area contributed by atoms with E-state index in [1.807, 2.05) is 14.0 Å². The van der Waals surface area contributed by atoms with Gasteiger partial charge in [0.15, 0.2) is 0 Å². The summed E-state index contributed by atoms with van der Waals surface area (Å²) >= 11 is 0. The normalized spacial score (nSPS) is 13.0. The molecule has 1 atom stereocenters. The highest BCUT2D eigenvalue weighted by Gasteiger charge is 2.08. The lowest BCUT2D eigenvalue weighted by Crippen LogP contribution is -2.31. The number of hydrogen-bond acceptors (Lipinski definition) is 3. The fraction of sp³-hybridized carbons (Fsp3) is 0.889. The van der Waals surface area contributed by atoms with E-state index in [2.05, 4.69) is 11.8 Å². The highest BCUT2D eigenvalue weighted by atomic mass is 16.5. The topological polar surface area (TPSA) is 29.5 Å². The van der Waals surface area contributed by atoms with Crippen molar-refractivity contribution in [2.24, 2.45) is 0 Å². The van der Waals surface area contributed by atoms with Gasteiger partial charge in [-0.2, -0.15) is 0 Å². The molecule has 0 aromatic rings. The summed E-state index contributed by atoms with van der Waals surface area (Å²) < 4.78 is 4.89. The summed E-state index contributed by atoms with van der Waals surface area (Å²) in [5, 5.41) is 0. The van der Waals surface area contributed by atoms with Gasteiger partial charge in [-0.15, -0.1) is 0 Å². The molecule has 3 nitrogen and oxygen atoms in total. The van der Waals surface area contributed by atoms with Gasteiger partial charge >= 0.3 is 0 Å². The molecule has 3 heteroatoms. The highest BCUT2D eigenvalue weighted by molar-refractivity contribution is 5.37. The molecule has 0 aromatic carbocycles. The number of nitrogens with zero attached hydrogens (tertiary/aromatic N) is 1. The minimum Gasteiger partial charge on any atom is -0.463 e. The molecule has 1 unspecified atom stereocenters. The first-order chi connectivity index (χ1) is 5.74. The lowest BCUT2D eigenvalue weighted by atomic mass is 10.2. The monoisotopic (exact) mass is 173 g/mol. The molecule has 72 valence electrons. The third kappa shape index (κ3) is 5.13. The number of ether oxygens (including phenoxy) is 1. The van der Waals surface area contributed by atoms with Crippen molar-refractivity contribution in [1.29, 1.82) is 0 Å². The summed E-state index contributed by atoms with van der Waals surface area (Å²) in [6, 6.07) is 0. The molecular formula is C9H19NO2. The van der Waals surface area contributed by atoms with Crippen LogP contribution in [-0.4, -0.2) is 37.6 Å². The Hall–Kier alpha value is -0.570. The van der Waals surface area contributed by atoms with Crippen molar-refractivity contribution >= 4 is 6.47 Å². The van der Waals surface area contributed by atoms with E-state index in [1.165, 1.54) is 0 Å². The van der Waals surface area contributed by atoms with Gasteiger partial charge in [0.1, 0.15) is 6.10 Å². The predicted molar refractivity (Wildman–Crippen MR) is 49.0 cm³/mol. The van der Waals surface area contributed by atoms with Crippen LogP contribution in [0.25, 0.3) is 0 Å². The Kier molecular flexibility index (Phi) is 6.76. The van der Waals surface area contributed by atoms with Crippen molar-refractivity contribution in [3.05, 3.63) is 0 Å². The molecule has 0 aromatic heterocycles. The Balaban J connectivity index is 3.60.